The molecule has 0 fully saturated rings. The van der Waals surface area contributed by atoms with E-state index in [2.05, 4.69) is 0 Å². The van der Waals surface area contributed by atoms with Crippen molar-refractivity contribution in [2.45, 2.75) is 0 Å². The summed E-state index contributed by atoms with van der Waals surface area (Å²) in [5.74, 6) is 0. The van der Waals surface area contributed by atoms with E-state index in [-0.39, 0.29) is 0 Å². The highest BCUT2D eigenvalue weighted by Crippen LogP contribution is 2.12. The zero-order valence-electron chi connectivity index (χ0n) is 9.56. The number of rotatable bonds is 3. The Morgan fingerprint density at radius 3 is 2.00 bits per heavy atom. The summed E-state index contributed by atoms with van der Waals surface area (Å²) in [6.07, 6.45) is 3.48. The van der Waals surface area contributed by atoms with E-state index in [1.54, 1.807) is 18.2 Å². The Balaban J connectivity index is 2.23. The van der Waals surface area contributed by atoms with Crippen molar-refractivity contribution in [1.82, 2.24) is 0 Å². The van der Waals surface area contributed by atoms with Crippen LogP contribution in [0.15, 0.2) is 54.6 Å². The van der Waals surface area contributed by atoms with Gasteiger partial charge in [-0.25, -0.2) is 0 Å². The van der Waals surface area contributed by atoms with Gasteiger partial charge in [0.1, 0.15) is 0 Å². The minimum Gasteiger partial charge on any atom is -0.445 e. The highest BCUT2D eigenvalue weighted by molar-refractivity contribution is 6.73. The summed E-state index contributed by atoms with van der Waals surface area (Å²) in [4.78, 5) is 0. The normalized spacial score (nSPS) is 11.9. The lowest BCUT2D eigenvalue weighted by Gasteiger charge is -2.14. The van der Waals surface area contributed by atoms with Crippen LogP contribution in [0.3, 0.4) is 0 Å². The van der Waals surface area contributed by atoms with Crippen molar-refractivity contribution in [3.8, 4) is 0 Å². The number of hydrogen-bond donors (Lipinski definition) is 0. The molecule has 2 aromatic carbocycles. The van der Waals surface area contributed by atoms with Gasteiger partial charge < -0.3 is 12.9 Å². The van der Waals surface area contributed by atoms with Gasteiger partial charge in [0.2, 0.25) is 0 Å². The van der Waals surface area contributed by atoms with Crippen LogP contribution >= 0.6 is 0 Å². The Bertz CT molecular complexity index is 544. The topological polar surface area (TPSA) is 0 Å². The molecule has 0 aromatic heterocycles. The molecule has 0 unspecified atom stereocenters. The molecule has 0 aliphatic rings. The maximum absolute atomic E-state index is 12.6. The summed E-state index contributed by atoms with van der Waals surface area (Å²) in [5.41, 5.74) is 0.946. The molecule has 0 heterocycles. The fourth-order valence-electron chi connectivity index (χ4n) is 1.62. The molecule has 0 nitrogen and oxygen atoms in total. The van der Waals surface area contributed by atoms with Gasteiger partial charge in [0.25, 0.3) is 0 Å². The third kappa shape index (κ3) is 3.26. The van der Waals surface area contributed by atoms with Gasteiger partial charge in [-0.3, -0.25) is 0 Å². The van der Waals surface area contributed by atoms with Crippen LogP contribution in [0.25, 0.3) is 12.2 Å². The molecule has 0 bridgehead atoms. The smallest absolute Gasteiger partial charge is 0.445 e. The third-order valence-corrected chi connectivity index (χ3v) is 2.56. The Kier molecular flexibility index (Phi) is 3.56. The molecule has 2 aromatic rings. The lowest BCUT2D eigenvalue weighted by atomic mass is 9.79. The van der Waals surface area contributed by atoms with Gasteiger partial charge in [0, 0.05) is 0 Å². The van der Waals surface area contributed by atoms with Crippen LogP contribution in [-0.2, 0) is 0 Å². The van der Waals surface area contributed by atoms with Crippen molar-refractivity contribution >= 4 is 24.6 Å². The molecule has 18 heavy (non-hydrogen) atoms. The molecule has 0 spiro atoms. The van der Waals surface area contributed by atoms with Gasteiger partial charge in [-0.15, -0.1) is 5.46 Å². The van der Waals surface area contributed by atoms with Gasteiger partial charge in [0.05, 0.1) is 0 Å². The summed E-state index contributed by atoms with van der Waals surface area (Å²) in [5, 5.41) is 0. The van der Waals surface area contributed by atoms with Crippen LogP contribution in [-0.4, -0.2) is 6.98 Å². The second kappa shape index (κ2) is 5.13. The van der Waals surface area contributed by atoms with Gasteiger partial charge in [0.15, 0.2) is 0 Å². The number of hydrogen-bond acceptors (Lipinski definition) is 0. The largest absolute Gasteiger partial charge is 0.509 e. The highest BCUT2D eigenvalue weighted by atomic mass is 19.4. The number of halogens is 3. The average molecular weight is 247 g/mol. The summed E-state index contributed by atoms with van der Waals surface area (Å²) >= 11 is 0. The molecule has 0 aliphatic heterocycles. The van der Waals surface area contributed by atoms with E-state index in [0.29, 0.717) is 5.56 Å². The molecule has 0 atom stereocenters. The van der Waals surface area contributed by atoms with Crippen LogP contribution in [0.1, 0.15) is 11.1 Å². The molecule has 0 saturated carbocycles. The molecule has 0 aliphatic carbocycles. The van der Waals surface area contributed by atoms with Crippen molar-refractivity contribution in [3.05, 3.63) is 65.7 Å². The van der Waals surface area contributed by atoms with Gasteiger partial charge in [-0.1, -0.05) is 66.7 Å². The predicted octanol–water partition coefficient (Wildman–Crippen LogP) is 3.91. The van der Waals surface area contributed by atoms with Crippen LogP contribution in [0.2, 0.25) is 0 Å². The minimum atomic E-state index is -4.93. The highest BCUT2D eigenvalue weighted by Gasteiger charge is 2.24. The fraction of sp³-hybridized carbons (Fsp3) is 0. The lowest BCUT2D eigenvalue weighted by Crippen LogP contribution is -2.33. The maximum atomic E-state index is 12.6. The molecular weight excluding hydrogens is 236 g/mol. The SMILES string of the molecule is F[B-](F)(F)c1cccc(/C=C/c2ccccc2)c1. The van der Waals surface area contributed by atoms with Gasteiger partial charge in [-0.05, 0) is 11.1 Å². The first-order valence-electron chi connectivity index (χ1n) is 5.59. The fourth-order valence-corrected chi connectivity index (χ4v) is 1.62. The first-order chi connectivity index (χ1) is 8.55. The first kappa shape index (κ1) is 12.5. The maximum Gasteiger partial charge on any atom is 0.509 e. The summed E-state index contributed by atoms with van der Waals surface area (Å²) in [7, 11) is 0. The third-order valence-electron chi connectivity index (χ3n) is 2.56. The van der Waals surface area contributed by atoms with Crippen LogP contribution in [0, 0.1) is 0 Å². The molecular formula is C14H11BF3-. The Labute approximate surface area is 104 Å². The number of benzene rings is 2. The summed E-state index contributed by atoms with van der Waals surface area (Å²) in [6, 6.07) is 14.8. The van der Waals surface area contributed by atoms with E-state index >= 15 is 0 Å². The Hall–Kier alpha value is -1.97. The van der Waals surface area contributed by atoms with E-state index in [9.17, 15) is 12.9 Å². The minimum absolute atomic E-state index is 0.551. The summed E-state index contributed by atoms with van der Waals surface area (Å²) in [6.45, 7) is -4.93. The zero-order chi connectivity index (χ0) is 13.0. The van der Waals surface area contributed by atoms with Crippen molar-refractivity contribution in [2.24, 2.45) is 0 Å². The van der Waals surface area contributed by atoms with Crippen molar-refractivity contribution in [3.63, 3.8) is 0 Å². The van der Waals surface area contributed by atoms with Gasteiger partial charge in [-0.2, -0.15) is 0 Å². The molecule has 0 N–H and O–H groups in total. The standard InChI is InChI=1S/C14H11BF3/c16-15(17,18)14-8-4-7-13(11-14)10-9-12-5-2-1-3-6-12/h1-11H/q-1/b10-9+. The second-order valence-corrected chi connectivity index (χ2v) is 3.99. The molecule has 2 rings (SSSR count). The van der Waals surface area contributed by atoms with E-state index in [1.807, 2.05) is 30.3 Å². The van der Waals surface area contributed by atoms with Crippen LogP contribution in [0.5, 0.6) is 0 Å². The van der Waals surface area contributed by atoms with E-state index in [4.69, 9.17) is 0 Å². The quantitative estimate of drug-likeness (QED) is 0.569. The predicted molar refractivity (Wildman–Crippen MR) is 70.5 cm³/mol. The average Bonchev–Trinajstić information content (AvgIpc) is 2.37. The van der Waals surface area contributed by atoms with Crippen molar-refractivity contribution in [1.29, 1.82) is 0 Å². The van der Waals surface area contributed by atoms with E-state index in [0.717, 1.165) is 11.6 Å². The summed E-state index contributed by atoms with van der Waals surface area (Å²) < 4.78 is 37.7. The van der Waals surface area contributed by atoms with Gasteiger partial charge >= 0.3 is 6.98 Å². The molecule has 92 valence electrons. The molecule has 4 heteroatoms. The molecule has 0 amide bonds. The van der Waals surface area contributed by atoms with E-state index in [1.165, 1.54) is 12.1 Å². The lowest BCUT2D eigenvalue weighted by molar-refractivity contribution is 0.501. The zero-order valence-corrected chi connectivity index (χ0v) is 9.56. The Morgan fingerprint density at radius 1 is 0.722 bits per heavy atom. The van der Waals surface area contributed by atoms with Crippen LogP contribution < -0.4 is 5.46 Å². The Morgan fingerprint density at radius 2 is 1.33 bits per heavy atom. The van der Waals surface area contributed by atoms with Crippen molar-refractivity contribution < 1.29 is 12.9 Å². The molecule has 0 saturated heterocycles. The second-order valence-electron chi connectivity index (χ2n) is 3.99. The monoisotopic (exact) mass is 247 g/mol. The molecule has 0 radical (unpaired) electrons. The first-order valence-corrected chi connectivity index (χ1v) is 5.59. The van der Waals surface area contributed by atoms with Crippen molar-refractivity contribution in [2.75, 3.05) is 0 Å². The van der Waals surface area contributed by atoms with E-state index < -0.39 is 12.4 Å². The van der Waals surface area contributed by atoms with Crippen LogP contribution in [0.4, 0.5) is 12.9 Å².